The first-order valence-electron chi connectivity index (χ1n) is 5.39. The summed E-state index contributed by atoms with van der Waals surface area (Å²) in [7, 11) is 0. The molecule has 0 fully saturated rings. The molecule has 0 bridgehead atoms. The fourth-order valence-corrected chi connectivity index (χ4v) is 2.30. The molecule has 0 aliphatic heterocycles. The van der Waals surface area contributed by atoms with Crippen molar-refractivity contribution in [3.05, 3.63) is 46.0 Å². The molecule has 1 atom stereocenters. The van der Waals surface area contributed by atoms with Crippen molar-refractivity contribution in [3.63, 3.8) is 0 Å². The van der Waals surface area contributed by atoms with Gasteiger partial charge in [0.25, 0.3) is 0 Å². The quantitative estimate of drug-likeness (QED) is 0.787. The summed E-state index contributed by atoms with van der Waals surface area (Å²) in [6.45, 7) is 0.250. The maximum atomic E-state index is 11.9. The third kappa shape index (κ3) is 2.89. The zero-order chi connectivity index (χ0) is 14.0. The molecule has 1 aliphatic rings. The lowest BCUT2D eigenvalue weighted by atomic mass is 10.0. The van der Waals surface area contributed by atoms with Crippen LogP contribution in [0.2, 0.25) is 0 Å². The molecule has 3 nitrogen and oxygen atoms in total. The Balaban J connectivity index is 2.30. The van der Waals surface area contributed by atoms with Crippen LogP contribution in [-0.2, 0) is 16.1 Å². The molecule has 98 valence electrons. The molecular weight excluding hydrogens is 309 g/mol. The predicted octanol–water partition coefficient (Wildman–Crippen LogP) is 3.08. The number of alkyl halides is 1. The number of hydrogen-bond donors (Lipinski definition) is 0. The summed E-state index contributed by atoms with van der Waals surface area (Å²) in [5.74, 6) is -1.19. The second-order valence-corrected chi connectivity index (χ2v) is 5.06. The van der Waals surface area contributed by atoms with Gasteiger partial charge in [0.05, 0.1) is 6.54 Å². The van der Waals surface area contributed by atoms with Crippen molar-refractivity contribution in [2.24, 2.45) is 4.99 Å². The lowest BCUT2D eigenvalue weighted by Gasteiger charge is -2.16. The van der Waals surface area contributed by atoms with E-state index in [1.165, 1.54) is 0 Å². The van der Waals surface area contributed by atoms with Crippen LogP contribution in [0.1, 0.15) is 5.56 Å². The van der Waals surface area contributed by atoms with E-state index in [0.717, 1.165) is 5.56 Å². The zero-order valence-electron chi connectivity index (χ0n) is 9.57. The molecular formula is C13H8Cl3NO2. The number of ketones is 2. The Morgan fingerprint density at radius 3 is 2.32 bits per heavy atom. The normalized spacial score (nSPS) is 22.3. The summed E-state index contributed by atoms with van der Waals surface area (Å²) in [4.78, 5) is 27.6. The molecule has 19 heavy (non-hydrogen) atoms. The summed E-state index contributed by atoms with van der Waals surface area (Å²) in [6.07, 6.45) is 0. The van der Waals surface area contributed by atoms with Crippen molar-refractivity contribution in [3.8, 4) is 0 Å². The van der Waals surface area contributed by atoms with Crippen molar-refractivity contribution in [2.75, 3.05) is 0 Å². The smallest absolute Gasteiger partial charge is 0.221 e. The maximum Gasteiger partial charge on any atom is 0.221 e. The number of Topliss-reactive ketones (excluding diaryl/α,β-unsaturated/α-hetero) is 2. The van der Waals surface area contributed by atoms with Crippen LogP contribution in [0.4, 0.5) is 0 Å². The molecule has 1 aromatic rings. The summed E-state index contributed by atoms with van der Waals surface area (Å²) in [5.41, 5.74) is 0.834. The van der Waals surface area contributed by atoms with Crippen LogP contribution in [-0.4, -0.2) is 22.7 Å². The standard InChI is InChI=1S/C13H8Cl3NO2/c14-8-9(15)13(19)11(10(16)12(8)18)17-6-7-4-2-1-3-5-7/h1-5,10H,6H2. The first-order chi connectivity index (χ1) is 9.02. The van der Waals surface area contributed by atoms with Crippen LogP contribution in [0, 0.1) is 0 Å². The highest BCUT2D eigenvalue weighted by molar-refractivity contribution is 6.74. The van der Waals surface area contributed by atoms with E-state index in [-0.39, 0.29) is 22.3 Å². The number of nitrogens with zero attached hydrogens (tertiary/aromatic N) is 1. The van der Waals surface area contributed by atoms with Gasteiger partial charge in [0.15, 0.2) is 5.78 Å². The fraction of sp³-hybridized carbons (Fsp3) is 0.154. The minimum Gasteiger partial charge on any atom is -0.291 e. The Morgan fingerprint density at radius 2 is 1.68 bits per heavy atom. The molecule has 0 aromatic heterocycles. The molecule has 0 N–H and O–H groups in total. The number of hydrogen-bond acceptors (Lipinski definition) is 3. The van der Waals surface area contributed by atoms with Gasteiger partial charge in [-0.1, -0.05) is 53.5 Å². The summed E-state index contributed by atoms with van der Waals surface area (Å²) >= 11 is 17.2. The minimum absolute atomic E-state index is 0.0649. The summed E-state index contributed by atoms with van der Waals surface area (Å²) in [5, 5.41) is -1.83. The van der Waals surface area contributed by atoms with Gasteiger partial charge in [-0.05, 0) is 5.56 Å². The van der Waals surface area contributed by atoms with Gasteiger partial charge in [-0.3, -0.25) is 14.6 Å². The molecule has 0 heterocycles. The van der Waals surface area contributed by atoms with E-state index in [1.807, 2.05) is 30.3 Å². The number of carbonyl (C=O) groups is 2. The first kappa shape index (κ1) is 14.3. The van der Waals surface area contributed by atoms with Gasteiger partial charge in [-0.15, -0.1) is 11.6 Å². The van der Waals surface area contributed by atoms with Crippen molar-refractivity contribution in [1.29, 1.82) is 0 Å². The minimum atomic E-state index is -1.17. The van der Waals surface area contributed by atoms with Crippen molar-refractivity contribution in [2.45, 2.75) is 11.9 Å². The van der Waals surface area contributed by atoms with Crippen LogP contribution in [0.15, 0.2) is 45.4 Å². The molecule has 2 rings (SSSR count). The van der Waals surface area contributed by atoms with Gasteiger partial charge in [-0.25, -0.2) is 0 Å². The number of carbonyl (C=O) groups excluding carboxylic acids is 2. The second kappa shape index (κ2) is 5.87. The second-order valence-electron chi connectivity index (χ2n) is 3.87. The Morgan fingerprint density at radius 1 is 1.05 bits per heavy atom. The van der Waals surface area contributed by atoms with E-state index < -0.39 is 16.9 Å². The predicted molar refractivity (Wildman–Crippen MR) is 76.0 cm³/mol. The van der Waals surface area contributed by atoms with E-state index in [4.69, 9.17) is 34.8 Å². The van der Waals surface area contributed by atoms with Gasteiger partial charge in [0.2, 0.25) is 5.78 Å². The average molecular weight is 317 g/mol. The van der Waals surface area contributed by atoms with Crippen molar-refractivity contribution >= 4 is 52.1 Å². The first-order valence-corrected chi connectivity index (χ1v) is 6.58. The highest BCUT2D eigenvalue weighted by atomic mass is 35.5. The van der Waals surface area contributed by atoms with Crippen LogP contribution in [0.3, 0.4) is 0 Å². The van der Waals surface area contributed by atoms with Gasteiger partial charge >= 0.3 is 0 Å². The SMILES string of the molecule is O=C1C(=NCc2ccccc2)C(Cl)C(=O)C(Cl)=C1Cl. The Hall–Kier alpha value is -1.16. The lowest BCUT2D eigenvalue weighted by molar-refractivity contribution is -0.116. The summed E-state index contributed by atoms with van der Waals surface area (Å²) < 4.78 is 0. The van der Waals surface area contributed by atoms with E-state index in [2.05, 4.69) is 4.99 Å². The third-order valence-electron chi connectivity index (χ3n) is 2.59. The van der Waals surface area contributed by atoms with E-state index in [0.29, 0.717) is 0 Å². The highest BCUT2D eigenvalue weighted by Crippen LogP contribution is 2.27. The van der Waals surface area contributed by atoms with Crippen molar-refractivity contribution in [1.82, 2.24) is 0 Å². The van der Waals surface area contributed by atoms with Crippen LogP contribution in [0.25, 0.3) is 0 Å². The molecule has 0 radical (unpaired) electrons. The number of halogens is 3. The molecule has 6 heteroatoms. The highest BCUT2D eigenvalue weighted by Gasteiger charge is 2.38. The van der Waals surface area contributed by atoms with Crippen molar-refractivity contribution < 1.29 is 9.59 Å². The van der Waals surface area contributed by atoms with Gasteiger partial charge in [0.1, 0.15) is 21.2 Å². The Kier molecular flexibility index (Phi) is 4.40. The molecule has 1 unspecified atom stereocenters. The van der Waals surface area contributed by atoms with Gasteiger partial charge < -0.3 is 0 Å². The molecule has 0 saturated heterocycles. The Bertz CT molecular complexity index is 593. The topological polar surface area (TPSA) is 46.5 Å². The van der Waals surface area contributed by atoms with Gasteiger partial charge in [0, 0.05) is 0 Å². The molecule has 1 aromatic carbocycles. The third-order valence-corrected chi connectivity index (χ3v) is 3.82. The molecule has 0 spiro atoms. The largest absolute Gasteiger partial charge is 0.291 e. The number of rotatable bonds is 2. The number of benzene rings is 1. The van der Waals surface area contributed by atoms with Crippen LogP contribution in [0.5, 0.6) is 0 Å². The fourth-order valence-electron chi connectivity index (χ4n) is 1.58. The van der Waals surface area contributed by atoms with Crippen LogP contribution >= 0.6 is 34.8 Å². The average Bonchev–Trinajstić information content (AvgIpc) is 2.44. The number of allylic oxidation sites excluding steroid dienone is 2. The Labute approximate surface area is 124 Å². The lowest BCUT2D eigenvalue weighted by Crippen LogP contribution is -2.37. The summed E-state index contributed by atoms with van der Waals surface area (Å²) in [6, 6.07) is 9.28. The van der Waals surface area contributed by atoms with E-state index in [1.54, 1.807) is 0 Å². The van der Waals surface area contributed by atoms with Gasteiger partial charge in [-0.2, -0.15) is 0 Å². The monoisotopic (exact) mass is 315 g/mol. The van der Waals surface area contributed by atoms with E-state index in [9.17, 15) is 9.59 Å². The maximum absolute atomic E-state index is 11.9. The zero-order valence-corrected chi connectivity index (χ0v) is 11.8. The van der Waals surface area contributed by atoms with Crippen LogP contribution < -0.4 is 0 Å². The molecule has 0 amide bonds. The molecule has 1 aliphatic carbocycles. The van der Waals surface area contributed by atoms with E-state index >= 15 is 0 Å². The number of aliphatic imine (C=N–C) groups is 1. The molecule has 0 saturated carbocycles.